The van der Waals surface area contributed by atoms with Crippen molar-refractivity contribution in [3.8, 4) is 0 Å². The van der Waals surface area contributed by atoms with Crippen LogP contribution in [0.5, 0.6) is 0 Å². The maximum Gasteiger partial charge on any atom is 0.239 e. The first kappa shape index (κ1) is 12.3. The lowest BCUT2D eigenvalue weighted by atomic mass is 10.3. The summed E-state index contributed by atoms with van der Waals surface area (Å²) in [6.45, 7) is 0. The van der Waals surface area contributed by atoms with Gasteiger partial charge in [-0.25, -0.2) is 10.8 Å². The number of hydrogen-bond acceptors (Lipinski definition) is 5. The molecule has 17 heavy (non-hydrogen) atoms. The lowest BCUT2D eigenvalue weighted by molar-refractivity contribution is 1.12. The van der Waals surface area contributed by atoms with E-state index in [0.717, 1.165) is 14.6 Å². The van der Waals surface area contributed by atoms with Gasteiger partial charge in [-0.15, -0.1) is 0 Å². The van der Waals surface area contributed by atoms with Crippen molar-refractivity contribution >= 4 is 49.3 Å². The Kier molecular flexibility index (Phi) is 3.93. The van der Waals surface area contributed by atoms with Gasteiger partial charge in [-0.05, 0) is 50.1 Å². The van der Waals surface area contributed by atoms with Crippen LogP contribution < -0.4 is 16.6 Å². The van der Waals surface area contributed by atoms with E-state index in [1.165, 1.54) is 0 Å². The summed E-state index contributed by atoms with van der Waals surface area (Å²) < 4.78 is 1.88. The molecule has 2 aromatic rings. The van der Waals surface area contributed by atoms with E-state index in [2.05, 4.69) is 52.6 Å². The Morgan fingerprint density at radius 3 is 2.47 bits per heavy atom. The van der Waals surface area contributed by atoms with Crippen LogP contribution in [0.15, 0.2) is 39.4 Å². The van der Waals surface area contributed by atoms with Gasteiger partial charge in [-0.2, -0.15) is 4.98 Å². The number of benzene rings is 1. The largest absolute Gasteiger partial charge is 0.338 e. The van der Waals surface area contributed by atoms with Crippen LogP contribution in [-0.2, 0) is 0 Å². The molecular weight excluding hydrogens is 350 g/mol. The number of para-hydroxylation sites is 1. The van der Waals surface area contributed by atoms with Gasteiger partial charge in [-0.3, -0.25) is 5.43 Å². The second-order valence-electron chi connectivity index (χ2n) is 3.13. The molecule has 0 saturated heterocycles. The maximum absolute atomic E-state index is 5.25. The molecule has 0 bridgehead atoms. The summed E-state index contributed by atoms with van der Waals surface area (Å²) in [4.78, 5) is 8.10. The number of nitrogens with two attached hydrogens (primary N) is 1. The number of hydrogen-bond donors (Lipinski definition) is 3. The van der Waals surface area contributed by atoms with E-state index in [9.17, 15) is 0 Å². The first-order valence-corrected chi connectivity index (χ1v) is 6.30. The molecule has 0 fully saturated rings. The van der Waals surface area contributed by atoms with Crippen LogP contribution >= 0.6 is 31.9 Å². The van der Waals surface area contributed by atoms with Crippen LogP contribution in [0, 0.1) is 0 Å². The highest BCUT2D eigenvalue weighted by Crippen LogP contribution is 2.32. The normalized spacial score (nSPS) is 10.1. The highest BCUT2D eigenvalue weighted by molar-refractivity contribution is 9.11. The van der Waals surface area contributed by atoms with Crippen LogP contribution in [0.4, 0.5) is 17.5 Å². The molecule has 0 aliphatic carbocycles. The fourth-order valence-electron chi connectivity index (χ4n) is 1.24. The highest BCUT2D eigenvalue weighted by Gasteiger charge is 2.05. The molecule has 88 valence electrons. The van der Waals surface area contributed by atoms with E-state index >= 15 is 0 Å². The SMILES string of the molecule is NNc1nccc(Nc2c(Br)cccc2Br)n1. The number of aromatic nitrogens is 2. The van der Waals surface area contributed by atoms with Crippen molar-refractivity contribution in [3.63, 3.8) is 0 Å². The van der Waals surface area contributed by atoms with Crippen molar-refractivity contribution in [2.24, 2.45) is 5.84 Å². The van der Waals surface area contributed by atoms with E-state index in [4.69, 9.17) is 5.84 Å². The zero-order valence-corrected chi connectivity index (χ0v) is 11.8. The fourth-order valence-corrected chi connectivity index (χ4v) is 2.44. The van der Waals surface area contributed by atoms with Gasteiger partial charge >= 0.3 is 0 Å². The van der Waals surface area contributed by atoms with Crippen molar-refractivity contribution in [2.45, 2.75) is 0 Å². The van der Waals surface area contributed by atoms with Crippen molar-refractivity contribution in [3.05, 3.63) is 39.4 Å². The molecule has 0 amide bonds. The van der Waals surface area contributed by atoms with Gasteiger partial charge in [0.15, 0.2) is 0 Å². The maximum atomic E-state index is 5.25. The number of nitrogens with one attached hydrogen (secondary N) is 2. The van der Waals surface area contributed by atoms with Crippen LogP contribution in [0.1, 0.15) is 0 Å². The monoisotopic (exact) mass is 357 g/mol. The lowest BCUT2D eigenvalue weighted by Crippen LogP contribution is -2.10. The zero-order valence-electron chi connectivity index (χ0n) is 8.61. The predicted octanol–water partition coefficient (Wildman–Crippen LogP) is 3.03. The second kappa shape index (κ2) is 5.44. The molecule has 0 aliphatic rings. The summed E-state index contributed by atoms with van der Waals surface area (Å²) in [6.07, 6.45) is 1.62. The Hall–Kier alpha value is -1.18. The number of halogens is 2. The van der Waals surface area contributed by atoms with Crippen LogP contribution in [0.3, 0.4) is 0 Å². The van der Waals surface area contributed by atoms with E-state index in [0.29, 0.717) is 11.8 Å². The van der Waals surface area contributed by atoms with Crippen molar-refractivity contribution in [2.75, 3.05) is 10.7 Å². The molecule has 5 nitrogen and oxygen atoms in total. The van der Waals surface area contributed by atoms with Crippen LogP contribution in [0.25, 0.3) is 0 Å². The number of nitrogens with zero attached hydrogens (tertiary/aromatic N) is 2. The van der Waals surface area contributed by atoms with Crippen LogP contribution in [0.2, 0.25) is 0 Å². The van der Waals surface area contributed by atoms with Crippen molar-refractivity contribution in [1.82, 2.24) is 9.97 Å². The molecule has 7 heteroatoms. The Balaban J connectivity index is 2.31. The first-order chi connectivity index (χ1) is 8.20. The van der Waals surface area contributed by atoms with Crippen molar-refractivity contribution < 1.29 is 0 Å². The minimum absolute atomic E-state index is 0.359. The van der Waals surface area contributed by atoms with Gasteiger partial charge < -0.3 is 5.32 Å². The third kappa shape index (κ3) is 2.93. The molecule has 1 aromatic heterocycles. The number of anilines is 3. The molecule has 1 aromatic carbocycles. The zero-order chi connectivity index (χ0) is 12.3. The summed E-state index contributed by atoms with van der Waals surface area (Å²) in [6, 6.07) is 7.58. The number of hydrazine groups is 1. The molecule has 0 unspecified atom stereocenters. The summed E-state index contributed by atoms with van der Waals surface area (Å²) in [7, 11) is 0. The number of nitrogen functional groups attached to an aromatic ring is 1. The standard InChI is InChI=1S/C10H9Br2N5/c11-6-2-1-3-7(12)9(6)15-8-4-5-14-10(16-8)17-13/h1-5H,13H2,(H2,14,15,16,17). The minimum Gasteiger partial charge on any atom is -0.338 e. The Morgan fingerprint density at radius 2 is 1.82 bits per heavy atom. The molecule has 4 N–H and O–H groups in total. The van der Waals surface area contributed by atoms with Gasteiger partial charge in [0.2, 0.25) is 5.95 Å². The van der Waals surface area contributed by atoms with E-state index < -0.39 is 0 Å². The fraction of sp³-hybridized carbons (Fsp3) is 0. The molecule has 2 rings (SSSR count). The number of rotatable bonds is 3. The lowest BCUT2D eigenvalue weighted by Gasteiger charge is -2.10. The first-order valence-electron chi connectivity index (χ1n) is 4.71. The topological polar surface area (TPSA) is 75.9 Å². The summed E-state index contributed by atoms with van der Waals surface area (Å²) >= 11 is 6.93. The summed E-state index contributed by atoms with van der Waals surface area (Å²) in [5, 5.41) is 3.17. The molecule has 1 heterocycles. The predicted molar refractivity (Wildman–Crippen MR) is 75.0 cm³/mol. The smallest absolute Gasteiger partial charge is 0.239 e. The van der Waals surface area contributed by atoms with E-state index in [-0.39, 0.29) is 0 Å². The molecule has 0 aliphatic heterocycles. The Labute approximate surface area is 115 Å². The second-order valence-corrected chi connectivity index (χ2v) is 4.84. The Morgan fingerprint density at radius 1 is 1.12 bits per heavy atom. The third-order valence-electron chi connectivity index (χ3n) is 2.00. The van der Waals surface area contributed by atoms with Gasteiger partial charge in [0.25, 0.3) is 0 Å². The van der Waals surface area contributed by atoms with Gasteiger partial charge in [0.05, 0.1) is 5.69 Å². The van der Waals surface area contributed by atoms with Gasteiger partial charge in [-0.1, -0.05) is 6.07 Å². The minimum atomic E-state index is 0.359. The van der Waals surface area contributed by atoms with Gasteiger partial charge in [0.1, 0.15) is 5.82 Å². The van der Waals surface area contributed by atoms with E-state index in [1.54, 1.807) is 12.3 Å². The van der Waals surface area contributed by atoms with E-state index in [1.807, 2.05) is 18.2 Å². The van der Waals surface area contributed by atoms with Gasteiger partial charge in [0, 0.05) is 15.1 Å². The highest BCUT2D eigenvalue weighted by atomic mass is 79.9. The molecule has 0 radical (unpaired) electrons. The average Bonchev–Trinajstić information content (AvgIpc) is 2.34. The quantitative estimate of drug-likeness (QED) is 0.580. The average molecular weight is 359 g/mol. The summed E-state index contributed by atoms with van der Waals surface area (Å²) in [5.41, 5.74) is 3.29. The molecular formula is C10H9Br2N5. The van der Waals surface area contributed by atoms with Crippen LogP contribution in [-0.4, -0.2) is 9.97 Å². The third-order valence-corrected chi connectivity index (χ3v) is 3.32. The Bertz CT molecular complexity index is 512. The molecule has 0 saturated carbocycles. The molecule has 0 spiro atoms. The molecule has 0 atom stereocenters. The van der Waals surface area contributed by atoms with Crippen molar-refractivity contribution in [1.29, 1.82) is 0 Å². The summed E-state index contributed by atoms with van der Waals surface area (Å²) in [5.74, 6) is 6.26.